The van der Waals surface area contributed by atoms with Crippen molar-refractivity contribution in [2.75, 3.05) is 26.8 Å². The molecule has 0 aromatic heterocycles. The van der Waals surface area contributed by atoms with Crippen molar-refractivity contribution in [2.24, 2.45) is 0 Å². The number of morpholine rings is 1. The third-order valence-corrected chi connectivity index (χ3v) is 4.58. The average molecular weight is 381 g/mol. The Labute approximate surface area is 164 Å². The number of amides is 1. The Morgan fingerprint density at radius 1 is 1.18 bits per heavy atom. The van der Waals surface area contributed by atoms with Crippen LogP contribution in [0.25, 0.3) is 11.6 Å². The van der Waals surface area contributed by atoms with Gasteiger partial charge in [0.15, 0.2) is 0 Å². The minimum atomic E-state index is -0.938. The van der Waals surface area contributed by atoms with Gasteiger partial charge in [-0.3, -0.25) is 9.59 Å². The van der Waals surface area contributed by atoms with Crippen molar-refractivity contribution >= 4 is 23.5 Å². The highest BCUT2D eigenvalue weighted by Gasteiger charge is 2.28. The van der Waals surface area contributed by atoms with Gasteiger partial charge >= 0.3 is 5.97 Å². The first-order valence-electron chi connectivity index (χ1n) is 9.11. The summed E-state index contributed by atoms with van der Waals surface area (Å²) < 4.78 is 10.9. The summed E-state index contributed by atoms with van der Waals surface area (Å²) in [7, 11) is 1.59. The SMILES string of the molecule is COc1ccccc1C=C(C(=O)N1CCOC(CC(=O)O)C1)c1ccccc1. The van der Waals surface area contributed by atoms with Gasteiger partial charge in [0.1, 0.15) is 5.75 Å². The molecule has 0 radical (unpaired) electrons. The minimum absolute atomic E-state index is 0.124. The lowest BCUT2D eigenvalue weighted by atomic mass is 10.0. The lowest BCUT2D eigenvalue weighted by Crippen LogP contribution is -2.46. The number of rotatable bonds is 6. The molecular formula is C22H23NO5. The van der Waals surface area contributed by atoms with Crippen molar-refractivity contribution in [3.63, 3.8) is 0 Å². The predicted molar refractivity (Wildman–Crippen MR) is 106 cm³/mol. The van der Waals surface area contributed by atoms with E-state index >= 15 is 0 Å². The molecule has 6 heteroatoms. The van der Waals surface area contributed by atoms with E-state index in [4.69, 9.17) is 14.6 Å². The summed E-state index contributed by atoms with van der Waals surface area (Å²) in [6, 6.07) is 16.9. The third kappa shape index (κ3) is 4.78. The van der Waals surface area contributed by atoms with Crippen LogP contribution in [0.5, 0.6) is 5.75 Å². The number of ether oxygens (including phenoxy) is 2. The van der Waals surface area contributed by atoms with Crippen molar-refractivity contribution < 1.29 is 24.2 Å². The highest BCUT2D eigenvalue weighted by Crippen LogP contribution is 2.26. The molecule has 1 heterocycles. The molecule has 6 nitrogen and oxygen atoms in total. The maximum atomic E-state index is 13.3. The molecule has 3 rings (SSSR count). The van der Waals surface area contributed by atoms with Gasteiger partial charge in [-0.2, -0.15) is 0 Å². The van der Waals surface area contributed by atoms with Gasteiger partial charge in [0.25, 0.3) is 5.91 Å². The van der Waals surface area contributed by atoms with E-state index < -0.39 is 12.1 Å². The van der Waals surface area contributed by atoms with Gasteiger partial charge in [-0.05, 0) is 17.7 Å². The fourth-order valence-electron chi connectivity index (χ4n) is 3.22. The molecule has 0 bridgehead atoms. The molecule has 1 atom stereocenters. The monoisotopic (exact) mass is 381 g/mol. The van der Waals surface area contributed by atoms with Gasteiger partial charge in [-0.15, -0.1) is 0 Å². The number of methoxy groups -OCH3 is 1. The first kappa shape index (κ1) is 19.6. The number of benzene rings is 2. The number of hydrogen-bond donors (Lipinski definition) is 1. The molecular weight excluding hydrogens is 358 g/mol. The van der Waals surface area contributed by atoms with Crippen molar-refractivity contribution in [1.82, 2.24) is 4.90 Å². The van der Waals surface area contributed by atoms with Gasteiger partial charge in [0.2, 0.25) is 0 Å². The molecule has 1 amide bonds. The molecule has 0 aliphatic carbocycles. The Morgan fingerprint density at radius 3 is 2.61 bits per heavy atom. The third-order valence-electron chi connectivity index (χ3n) is 4.58. The van der Waals surface area contributed by atoms with Gasteiger partial charge in [-0.25, -0.2) is 0 Å². The number of aliphatic carboxylic acids is 1. The molecule has 1 aliphatic heterocycles. The Kier molecular flexibility index (Phi) is 6.45. The highest BCUT2D eigenvalue weighted by molar-refractivity contribution is 6.24. The molecule has 0 saturated carbocycles. The fourth-order valence-corrected chi connectivity index (χ4v) is 3.22. The average Bonchev–Trinajstić information content (AvgIpc) is 2.72. The topological polar surface area (TPSA) is 76.1 Å². The van der Waals surface area contributed by atoms with Gasteiger partial charge in [0, 0.05) is 24.2 Å². The maximum absolute atomic E-state index is 13.3. The minimum Gasteiger partial charge on any atom is -0.496 e. The fraction of sp³-hybridized carbons (Fsp3) is 0.273. The summed E-state index contributed by atoms with van der Waals surface area (Å²) in [5.74, 6) is -0.419. The van der Waals surface area contributed by atoms with Gasteiger partial charge in [0.05, 0.1) is 26.2 Å². The van der Waals surface area contributed by atoms with E-state index in [2.05, 4.69) is 0 Å². The standard InChI is InChI=1S/C22H23NO5/c1-27-20-10-6-5-9-17(20)13-19(16-7-3-2-4-8-16)22(26)23-11-12-28-18(15-23)14-21(24)25/h2-10,13,18H,11-12,14-15H2,1H3,(H,24,25). The van der Waals surface area contributed by atoms with Crippen LogP contribution in [-0.2, 0) is 14.3 Å². The summed E-state index contributed by atoms with van der Waals surface area (Å²) in [4.78, 5) is 26.0. The number of para-hydroxylation sites is 1. The van der Waals surface area contributed by atoms with Gasteiger partial charge < -0.3 is 19.5 Å². The summed E-state index contributed by atoms with van der Waals surface area (Å²) in [6.45, 7) is 0.993. The Balaban J connectivity index is 1.94. The molecule has 2 aromatic carbocycles. The molecule has 28 heavy (non-hydrogen) atoms. The lowest BCUT2D eigenvalue weighted by molar-refractivity contribution is -0.145. The number of carboxylic acids is 1. The summed E-state index contributed by atoms with van der Waals surface area (Å²) >= 11 is 0. The van der Waals surface area contributed by atoms with Gasteiger partial charge in [-0.1, -0.05) is 48.5 Å². The van der Waals surface area contributed by atoms with E-state index in [0.717, 1.165) is 11.1 Å². The van der Waals surface area contributed by atoms with Crippen molar-refractivity contribution in [3.05, 3.63) is 65.7 Å². The summed E-state index contributed by atoms with van der Waals surface area (Å²) in [5, 5.41) is 9.02. The predicted octanol–water partition coefficient (Wildman–Crippen LogP) is 2.94. The molecule has 146 valence electrons. The Bertz CT molecular complexity index is 862. The molecule has 0 spiro atoms. The quantitative estimate of drug-likeness (QED) is 0.615. The summed E-state index contributed by atoms with van der Waals surface area (Å²) in [5.41, 5.74) is 2.12. The van der Waals surface area contributed by atoms with Crippen LogP contribution in [-0.4, -0.2) is 54.8 Å². The van der Waals surface area contributed by atoms with Crippen molar-refractivity contribution in [3.8, 4) is 5.75 Å². The number of carboxylic acid groups (broad SMARTS) is 1. The van der Waals surface area contributed by atoms with E-state index in [9.17, 15) is 9.59 Å². The van der Waals surface area contributed by atoms with Crippen LogP contribution in [0.4, 0.5) is 0 Å². The maximum Gasteiger partial charge on any atom is 0.306 e. The van der Waals surface area contributed by atoms with E-state index in [0.29, 0.717) is 24.5 Å². The van der Waals surface area contributed by atoms with E-state index in [1.807, 2.05) is 60.7 Å². The zero-order chi connectivity index (χ0) is 19.9. The molecule has 1 aliphatic rings. The van der Waals surface area contributed by atoms with Crippen LogP contribution >= 0.6 is 0 Å². The smallest absolute Gasteiger partial charge is 0.306 e. The number of carbonyl (C=O) groups excluding carboxylic acids is 1. The molecule has 1 saturated heterocycles. The number of hydrogen-bond acceptors (Lipinski definition) is 4. The highest BCUT2D eigenvalue weighted by atomic mass is 16.5. The first-order valence-corrected chi connectivity index (χ1v) is 9.11. The van der Waals surface area contributed by atoms with Crippen LogP contribution < -0.4 is 4.74 Å². The second kappa shape index (κ2) is 9.19. The van der Waals surface area contributed by atoms with E-state index in [1.165, 1.54) is 0 Å². The van der Waals surface area contributed by atoms with Crippen molar-refractivity contribution in [1.29, 1.82) is 0 Å². The normalized spacial score (nSPS) is 17.2. The van der Waals surface area contributed by atoms with Crippen LogP contribution in [0.2, 0.25) is 0 Å². The number of carbonyl (C=O) groups is 2. The zero-order valence-electron chi connectivity index (χ0n) is 15.7. The molecule has 1 fully saturated rings. The number of nitrogens with zero attached hydrogens (tertiary/aromatic N) is 1. The largest absolute Gasteiger partial charge is 0.496 e. The second-order valence-corrected chi connectivity index (χ2v) is 6.51. The molecule has 1 N–H and O–H groups in total. The first-order chi connectivity index (χ1) is 13.6. The van der Waals surface area contributed by atoms with Crippen LogP contribution in [0.15, 0.2) is 54.6 Å². The Hall–Kier alpha value is -3.12. The van der Waals surface area contributed by atoms with Crippen LogP contribution in [0, 0.1) is 0 Å². The summed E-state index contributed by atoms with van der Waals surface area (Å²) in [6.07, 6.45) is 1.19. The van der Waals surface area contributed by atoms with Crippen LogP contribution in [0.3, 0.4) is 0 Å². The van der Waals surface area contributed by atoms with E-state index in [-0.39, 0.29) is 18.9 Å². The van der Waals surface area contributed by atoms with Crippen LogP contribution in [0.1, 0.15) is 17.5 Å². The Morgan fingerprint density at radius 2 is 1.89 bits per heavy atom. The zero-order valence-corrected chi connectivity index (χ0v) is 15.7. The van der Waals surface area contributed by atoms with E-state index in [1.54, 1.807) is 12.0 Å². The second-order valence-electron chi connectivity index (χ2n) is 6.51. The van der Waals surface area contributed by atoms with Crippen molar-refractivity contribution in [2.45, 2.75) is 12.5 Å². The lowest BCUT2D eigenvalue weighted by Gasteiger charge is -2.33. The molecule has 1 unspecified atom stereocenters. The molecule has 2 aromatic rings.